The van der Waals surface area contributed by atoms with Crippen molar-refractivity contribution in [3.63, 3.8) is 0 Å². The maximum atomic E-state index is 12.0. The Labute approximate surface area is 95.2 Å². The number of nitrogens with one attached hydrogen (secondary N) is 1. The molecule has 16 heavy (non-hydrogen) atoms. The second kappa shape index (κ2) is 6.45. The third kappa shape index (κ3) is 5.16. The first-order valence-corrected chi connectivity index (χ1v) is 6.04. The maximum Gasteiger partial charge on any atom is 0.389 e. The lowest BCUT2D eigenvalue weighted by molar-refractivity contribution is -0.136. The average Bonchev–Trinajstić information content (AvgIpc) is 2.19. The van der Waals surface area contributed by atoms with E-state index >= 15 is 0 Å². The first-order chi connectivity index (χ1) is 7.53. The van der Waals surface area contributed by atoms with Crippen molar-refractivity contribution < 1.29 is 13.2 Å². The minimum Gasteiger partial charge on any atom is -0.314 e. The Bertz CT molecular complexity index is 192. The van der Waals surface area contributed by atoms with E-state index in [-0.39, 0.29) is 6.42 Å². The van der Waals surface area contributed by atoms with Crippen molar-refractivity contribution >= 4 is 0 Å². The Morgan fingerprint density at radius 2 is 2.12 bits per heavy atom. The Morgan fingerprint density at radius 1 is 1.38 bits per heavy atom. The van der Waals surface area contributed by atoms with Crippen molar-refractivity contribution in [2.24, 2.45) is 0 Å². The summed E-state index contributed by atoms with van der Waals surface area (Å²) in [6.45, 7) is 5.38. The molecule has 96 valence electrons. The molecule has 1 aliphatic rings. The first kappa shape index (κ1) is 13.8. The van der Waals surface area contributed by atoms with Crippen molar-refractivity contribution in [2.45, 2.75) is 44.8 Å². The topological polar surface area (TPSA) is 15.3 Å². The lowest BCUT2D eigenvalue weighted by Crippen LogP contribution is -2.51. The number of hydrogen-bond acceptors (Lipinski definition) is 2. The van der Waals surface area contributed by atoms with Crippen LogP contribution >= 0.6 is 0 Å². The Morgan fingerprint density at radius 3 is 2.75 bits per heavy atom. The highest BCUT2D eigenvalue weighted by molar-refractivity contribution is 4.79. The van der Waals surface area contributed by atoms with Gasteiger partial charge in [-0.05, 0) is 19.4 Å². The molecule has 1 atom stereocenters. The summed E-state index contributed by atoms with van der Waals surface area (Å²) in [6, 6.07) is 0.423. The largest absolute Gasteiger partial charge is 0.389 e. The van der Waals surface area contributed by atoms with Crippen LogP contribution in [0.25, 0.3) is 0 Å². The first-order valence-electron chi connectivity index (χ1n) is 6.04. The van der Waals surface area contributed by atoms with Crippen LogP contribution in [0.4, 0.5) is 13.2 Å². The Kier molecular flexibility index (Phi) is 5.55. The minimum absolute atomic E-state index is 0.226. The van der Waals surface area contributed by atoms with Crippen LogP contribution in [-0.4, -0.2) is 43.3 Å². The van der Waals surface area contributed by atoms with Gasteiger partial charge in [-0.15, -0.1) is 0 Å². The number of halogens is 3. The molecule has 1 N–H and O–H groups in total. The van der Waals surface area contributed by atoms with E-state index in [1.807, 2.05) is 0 Å². The zero-order chi connectivity index (χ0) is 12.0. The van der Waals surface area contributed by atoms with Crippen molar-refractivity contribution in [3.05, 3.63) is 0 Å². The number of rotatable bonds is 5. The highest BCUT2D eigenvalue weighted by Gasteiger charge is 2.28. The summed E-state index contributed by atoms with van der Waals surface area (Å²) in [5.74, 6) is 0. The summed E-state index contributed by atoms with van der Waals surface area (Å²) in [4.78, 5) is 2.20. The van der Waals surface area contributed by atoms with Crippen LogP contribution < -0.4 is 5.32 Å². The SMILES string of the molecule is CCCC1CNCCN1CCCC(F)(F)F. The van der Waals surface area contributed by atoms with Crippen LogP contribution in [0.3, 0.4) is 0 Å². The summed E-state index contributed by atoms with van der Waals surface area (Å²) >= 11 is 0. The van der Waals surface area contributed by atoms with Crippen molar-refractivity contribution in [2.75, 3.05) is 26.2 Å². The van der Waals surface area contributed by atoms with Gasteiger partial charge in [0.25, 0.3) is 0 Å². The van der Waals surface area contributed by atoms with Crippen LogP contribution in [0, 0.1) is 0 Å². The van der Waals surface area contributed by atoms with Crippen LogP contribution in [0.2, 0.25) is 0 Å². The van der Waals surface area contributed by atoms with E-state index in [1.165, 1.54) is 0 Å². The van der Waals surface area contributed by atoms with E-state index in [2.05, 4.69) is 17.1 Å². The van der Waals surface area contributed by atoms with Gasteiger partial charge in [-0.2, -0.15) is 13.2 Å². The Balaban J connectivity index is 2.27. The second-order valence-electron chi connectivity index (χ2n) is 4.40. The monoisotopic (exact) mass is 238 g/mol. The molecule has 5 heteroatoms. The molecule has 0 amide bonds. The molecule has 0 spiro atoms. The van der Waals surface area contributed by atoms with Crippen LogP contribution in [0.1, 0.15) is 32.6 Å². The van der Waals surface area contributed by atoms with E-state index in [0.717, 1.165) is 32.5 Å². The fourth-order valence-electron chi connectivity index (χ4n) is 2.20. The van der Waals surface area contributed by atoms with Crippen LogP contribution in [-0.2, 0) is 0 Å². The molecular weight excluding hydrogens is 217 g/mol. The van der Waals surface area contributed by atoms with E-state index in [0.29, 0.717) is 12.6 Å². The number of nitrogens with zero attached hydrogens (tertiary/aromatic N) is 1. The predicted molar refractivity (Wildman–Crippen MR) is 58.4 cm³/mol. The normalized spacial score (nSPS) is 23.6. The molecule has 0 aromatic carbocycles. The highest BCUT2D eigenvalue weighted by Crippen LogP contribution is 2.22. The van der Waals surface area contributed by atoms with Gasteiger partial charge in [-0.3, -0.25) is 4.90 Å². The molecule has 1 rings (SSSR count). The molecule has 0 bridgehead atoms. The van der Waals surface area contributed by atoms with E-state index < -0.39 is 12.6 Å². The smallest absolute Gasteiger partial charge is 0.314 e. The number of piperazine rings is 1. The zero-order valence-electron chi connectivity index (χ0n) is 9.82. The molecule has 1 aliphatic heterocycles. The molecule has 1 saturated heterocycles. The molecule has 1 fully saturated rings. The van der Waals surface area contributed by atoms with Gasteiger partial charge < -0.3 is 5.32 Å². The van der Waals surface area contributed by atoms with Gasteiger partial charge >= 0.3 is 6.18 Å². The average molecular weight is 238 g/mol. The van der Waals surface area contributed by atoms with Crippen molar-refractivity contribution in [3.8, 4) is 0 Å². The fraction of sp³-hybridized carbons (Fsp3) is 1.00. The molecule has 0 aromatic rings. The van der Waals surface area contributed by atoms with Gasteiger partial charge in [0.15, 0.2) is 0 Å². The third-order valence-corrected chi connectivity index (χ3v) is 3.00. The van der Waals surface area contributed by atoms with Crippen LogP contribution in [0.15, 0.2) is 0 Å². The standard InChI is InChI=1S/C11H21F3N2/c1-2-4-10-9-15-6-8-16(10)7-3-5-11(12,13)14/h10,15H,2-9H2,1H3. The third-order valence-electron chi connectivity index (χ3n) is 3.00. The molecule has 0 radical (unpaired) electrons. The van der Waals surface area contributed by atoms with Gasteiger partial charge in [0.1, 0.15) is 0 Å². The molecule has 1 heterocycles. The summed E-state index contributed by atoms with van der Waals surface area (Å²) in [6.07, 6.45) is -2.28. The summed E-state index contributed by atoms with van der Waals surface area (Å²) in [5.41, 5.74) is 0. The summed E-state index contributed by atoms with van der Waals surface area (Å²) in [5, 5.41) is 3.29. The van der Waals surface area contributed by atoms with Crippen molar-refractivity contribution in [1.82, 2.24) is 10.2 Å². The van der Waals surface area contributed by atoms with Gasteiger partial charge in [-0.25, -0.2) is 0 Å². The molecule has 0 saturated carbocycles. The lowest BCUT2D eigenvalue weighted by Gasteiger charge is -2.36. The Hall–Kier alpha value is -0.290. The molecule has 0 aliphatic carbocycles. The molecule has 0 aromatic heterocycles. The molecule has 2 nitrogen and oxygen atoms in total. The molecular formula is C11H21F3N2. The minimum atomic E-state index is -4.01. The summed E-state index contributed by atoms with van der Waals surface area (Å²) in [7, 11) is 0. The summed E-state index contributed by atoms with van der Waals surface area (Å²) < 4.78 is 36.1. The maximum absolute atomic E-state index is 12.0. The van der Waals surface area contributed by atoms with Crippen LogP contribution in [0.5, 0.6) is 0 Å². The van der Waals surface area contributed by atoms with Gasteiger partial charge in [0.2, 0.25) is 0 Å². The van der Waals surface area contributed by atoms with E-state index in [1.54, 1.807) is 0 Å². The number of hydrogen-bond donors (Lipinski definition) is 1. The zero-order valence-corrected chi connectivity index (χ0v) is 9.82. The second-order valence-corrected chi connectivity index (χ2v) is 4.40. The fourth-order valence-corrected chi connectivity index (χ4v) is 2.20. The van der Waals surface area contributed by atoms with E-state index in [9.17, 15) is 13.2 Å². The van der Waals surface area contributed by atoms with Gasteiger partial charge in [-0.1, -0.05) is 13.3 Å². The lowest BCUT2D eigenvalue weighted by atomic mass is 10.1. The molecule has 1 unspecified atom stereocenters. The predicted octanol–water partition coefficient (Wildman–Crippen LogP) is 2.40. The quantitative estimate of drug-likeness (QED) is 0.791. The van der Waals surface area contributed by atoms with Gasteiger partial charge in [0.05, 0.1) is 0 Å². The highest BCUT2D eigenvalue weighted by atomic mass is 19.4. The number of alkyl halides is 3. The van der Waals surface area contributed by atoms with Gasteiger partial charge in [0, 0.05) is 32.1 Å². The van der Waals surface area contributed by atoms with E-state index in [4.69, 9.17) is 0 Å². The van der Waals surface area contributed by atoms with Crippen molar-refractivity contribution in [1.29, 1.82) is 0 Å².